The molecule has 3 aliphatic carbocycles. The Hall–Kier alpha value is -4.83. The van der Waals surface area contributed by atoms with Crippen molar-refractivity contribution in [1.29, 1.82) is 0 Å². The smallest absolute Gasteiger partial charge is 0.486 e. The molecule has 2 saturated heterocycles. The molecule has 2 aromatic rings. The lowest BCUT2D eigenvalue weighted by Crippen LogP contribution is -2.65. The van der Waals surface area contributed by atoms with Crippen LogP contribution in [0.4, 0.5) is 9.59 Å². The molecule has 2 amide bonds. The van der Waals surface area contributed by atoms with E-state index in [1.165, 1.54) is 4.90 Å². The number of hydrogen-bond acceptors (Lipinski definition) is 13. The van der Waals surface area contributed by atoms with Crippen LogP contribution in [-0.2, 0) is 50.9 Å². The highest BCUT2D eigenvalue weighted by molar-refractivity contribution is 6.45. The van der Waals surface area contributed by atoms with Crippen LogP contribution in [0.5, 0.6) is 11.5 Å². The van der Waals surface area contributed by atoms with Gasteiger partial charge in [-0.25, -0.2) is 14.4 Å². The van der Waals surface area contributed by atoms with E-state index in [9.17, 15) is 24.0 Å². The first kappa shape index (κ1) is 47.6. The maximum Gasteiger partial charge on any atom is 0.514 e. The minimum atomic E-state index is -1.30. The fraction of sp³-hybridized carbons (Fsp3) is 0.638. The third-order valence-corrected chi connectivity index (χ3v) is 12.1. The highest BCUT2D eigenvalue weighted by atomic mass is 16.7. The van der Waals surface area contributed by atoms with Gasteiger partial charge >= 0.3 is 31.3 Å². The van der Waals surface area contributed by atoms with E-state index in [1.807, 2.05) is 18.2 Å². The van der Waals surface area contributed by atoms with E-state index in [4.69, 9.17) is 37.7 Å². The van der Waals surface area contributed by atoms with E-state index in [1.54, 1.807) is 86.6 Å². The van der Waals surface area contributed by atoms with Crippen LogP contribution in [0, 0.1) is 17.3 Å². The second-order valence-electron chi connectivity index (χ2n) is 21.0. The highest BCUT2D eigenvalue weighted by Gasteiger charge is 2.67. The predicted octanol–water partition coefficient (Wildman–Crippen LogP) is 7.84. The summed E-state index contributed by atoms with van der Waals surface area (Å²) < 4.78 is 47.7. The van der Waals surface area contributed by atoms with E-state index >= 15 is 0 Å². The van der Waals surface area contributed by atoms with Crippen LogP contribution in [0.3, 0.4) is 0 Å². The van der Waals surface area contributed by atoms with E-state index < -0.39 is 78.2 Å². The van der Waals surface area contributed by atoms with Gasteiger partial charge in [-0.1, -0.05) is 50.2 Å². The summed E-state index contributed by atoms with van der Waals surface area (Å²) in [4.78, 5) is 68.6. The average molecular weight is 877 g/mol. The quantitative estimate of drug-likeness (QED) is 0.0893. The number of likely N-dealkylation sites (tertiary alicyclic amines) is 1. The minimum absolute atomic E-state index is 0.00756. The predicted molar refractivity (Wildman–Crippen MR) is 232 cm³/mol. The summed E-state index contributed by atoms with van der Waals surface area (Å²) in [5.74, 6) is -1.10. The fourth-order valence-electron chi connectivity index (χ4n) is 8.95. The Balaban J connectivity index is 1.20. The summed E-state index contributed by atoms with van der Waals surface area (Å²) >= 11 is 0. The van der Waals surface area contributed by atoms with Crippen LogP contribution < -0.4 is 14.8 Å². The molecular weight excluding hydrogens is 811 g/mol. The number of nitrogens with zero attached hydrogens (tertiary/aromatic N) is 1. The maximum absolute atomic E-state index is 14.1. The SMILES string of the molecule is CC(C)(C)OC(=O)NC(CC(=O)OCc1ccccc1)C(=O)N1CC(Oc2ccc(CCB3O[C@@H]4C[C@@H]5C[C@@H](C5(C)C)[C@]4(C)O3)c(OC(=O)OC(C)(C)C)c2C(=O)OC(C)(C)C)C1. The van der Waals surface area contributed by atoms with Gasteiger partial charge < -0.3 is 47.9 Å². The van der Waals surface area contributed by atoms with E-state index in [-0.39, 0.29) is 48.3 Å². The highest BCUT2D eigenvalue weighted by Crippen LogP contribution is 2.65. The number of alkyl carbamates (subject to hydrolysis) is 1. The topological polar surface area (TPSA) is 174 Å². The number of ether oxygens (including phenoxy) is 6. The number of carbonyl (C=O) groups excluding carboxylic acids is 5. The number of hydrogen-bond donors (Lipinski definition) is 1. The summed E-state index contributed by atoms with van der Waals surface area (Å²) in [6.07, 6.45) is -0.216. The largest absolute Gasteiger partial charge is 0.514 e. The zero-order chi connectivity index (χ0) is 46.3. The molecule has 5 aliphatic rings. The first-order chi connectivity index (χ1) is 29.2. The molecule has 1 N–H and O–H groups in total. The van der Waals surface area contributed by atoms with Crippen molar-refractivity contribution in [2.24, 2.45) is 17.3 Å². The molecule has 2 aromatic carbocycles. The average Bonchev–Trinajstić information content (AvgIpc) is 3.48. The number of nitrogens with one attached hydrogen (secondary N) is 1. The van der Waals surface area contributed by atoms with Crippen molar-refractivity contribution in [3.05, 3.63) is 59.2 Å². The number of esters is 2. The second-order valence-corrected chi connectivity index (χ2v) is 21.0. The Morgan fingerprint density at radius 1 is 0.857 bits per heavy atom. The van der Waals surface area contributed by atoms with Crippen LogP contribution in [0.15, 0.2) is 42.5 Å². The van der Waals surface area contributed by atoms with Gasteiger partial charge in [0.25, 0.3) is 0 Å². The summed E-state index contributed by atoms with van der Waals surface area (Å²) in [5.41, 5.74) is -1.78. The molecule has 15 nitrogen and oxygen atoms in total. The van der Waals surface area contributed by atoms with Gasteiger partial charge in [0.1, 0.15) is 46.9 Å². The van der Waals surface area contributed by atoms with Crippen LogP contribution in [0.25, 0.3) is 0 Å². The molecule has 2 aliphatic heterocycles. The Labute approximate surface area is 371 Å². The molecule has 7 rings (SSSR count). The van der Waals surface area contributed by atoms with Crippen LogP contribution in [0.1, 0.15) is 124 Å². The number of rotatable bonds is 13. The van der Waals surface area contributed by atoms with Gasteiger partial charge in [0.15, 0.2) is 5.75 Å². The lowest BCUT2D eigenvalue weighted by Gasteiger charge is -2.64. The Morgan fingerprint density at radius 2 is 1.51 bits per heavy atom. The van der Waals surface area contributed by atoms with E-state index in [0.717, 1.165) is 18.4 Å². The van der Waals surface area contributed by atoms with Crippen LogP contribution >= 0.6 is 0 Å². The molecule has 2 heterocycles. The fourth-order valence-corrected chi connectivity index (χ4v) is 8.95. The first-order valence-corrected chi connectivity index (χ1v) is 22.0. The van der Waals surface area contributed by atoms with Crippen molar-refractivity contribution in [3.8, 4) is 11.5 Å². The minimum Gasteiger partial charge on any atom is -0.486 e. The van der Waals surface area contributed by atoms with Gasteiger partial charge in [0, 0.05) is 0 Å². The van der Waals surface area contributed by atoms with Crippen LogP contribution in [0.2, 0.25) is 6.32 Å². The lowest BCUT2D eigenvalue weighted by atomic mass is 9.43. The normalized spacial score (nSPS) is 23.3. The number of carbonyl (C=O) groups is 5. The third kappa shape index (κ3) is 11.7. The first-order valence-electron chi connectivity index (χ1n) is 22.0. The van der Waals surface area contributed by atoms with Crippen molar-refractivity contribution in [3.63, 3.8) is 0 Å². The summed E-state index contributed by atoms with van der Waals surface area (Å²) in [5, 5.41) is 2.53. The van der Waals surface area contributed by atoms with Crippen molar-refractivity contribution in [1.82, 2.24) is 10.2 Å². The lowest BCUT2D eigenvalue weighted by molar-refractivity contribution is -0.199. The molecule has 0 aromatic heterocycles. The Bertz CT molecular complexity index is 2030. The van der Waals surface area contributed by atoms with Gasteiger partial charge in [-0.2, -0.15) is 0 Å². The van der Waals surface area contributed by atoms with E-state index in [0.29, 0.717) is 30.1 Å². The molecule has 16 heteroatoms. The molecular formula is C47H65BN2O13. The Kier molecular flexibility index (Phi) is 13.6. The summed E-state index contributed by atoms with van der Waals surface area (Å²) in [6.45, 7) is 22.2. The van der Waals surface area contributed by atoms with Crippen molar-refractivity contribution >= 4 is 37.2 Å². The Morgan fingerprint density at radius 3 is 2.13 bits per heavy atom. The second kappa shape index (κ2) is 18.0. The molecule has 5 atom stereocenters. The van der Waals surface area contributed by atoms with E-state index in [2.05, 4.69) is 26.1 Å². The van der Waals surface area contributed by atoms with Crippen molar-refractivity contribution in [2.75, 3.05) is 13.1 Å². The summed E-state index contributed by atoms with van der Waals surface area (Å²) in [6, 6.07) is 11.1. The molecule has 1 unspecified atom stereocenters. The molecule has 3 saturated carbocycles. The van der Waals surface area contributed by atoms with Crippen LogP contribution in [-0.4, -0.2) is 95.9 Å². The molecule has 0 spiro atoms. The zero-order valence-electron chi connectivity index (χ0n) is 38.9. The third-order valence-electron chi connectivity index (χ3n) is 12.1. The molecule has 0 radical (unpaired) electrons. The van der Waals surface area contributed by atoms with Gasteiger partial charge in [-0.05, 0) is 129 Å². The molecule has 344 valence electrons. The monoisotopic (exact) mass is 876 g/mol. The van der Waals surface area contributed by atoms with Gasteiger partial charge in [-0.3, -0.25) is 9.59 Å². The van der Waals surface area contributed by atoms with Gasteiger partial charge in [0.2, 0.25) is 5.91 Å². The molecule has 2 bridgehead atoms. The standard InChI is InChI=1S/C47H65BN2O13/c1-43(2,3)59-40(53)37-33(57-31-25-50(26-31)39(52)32(49-41(54)60-44(4,5)6)24-36(51)56-27-28-16-14-13-15-17-28)19-18-29(38(37)58-42(55)61-45(7,8)9)20-21-48-62-35-23-30-22-34(46(30,10)11)47(35,12)63-48/h13-19,30-32,34-35H,20-27H2,1-12H3,(H,49,54)/t30-,32?,34-,35+,47-/m0/s1. The van der Waals surface area contributed by atoms with Crippen molar-refractivity contribution in [2.45, 2.75) is 162 Å². The molecule has 63 heavy (non-hydrogen) atoms. The van der Waals surface area contributed by atoms with Gasteiger partial charge in [-0.15, -0.1) is 0 Å². The molecule has 5 fully saturated rings. The number of aryl methyl sites for hydroxylation is 1. The summed E-state index contributed by atoms with van der Waals surface area (Å²) in [7, 11) is -0.511. The maximum atomic E-state index is 14.1. The zero-order valence-corrected chi connectivity index (χ0v) is 38.9. The van der Waals surface area contributed by atoms with Crippen molar-refractivity contribution < 1.29 is 61.7 Å². The number of amides is 2. The van der Waals surface area contributed by atoms with Gasteiger partial charge in [0.05, 0.1) is 31.2 Å². The number of benzene rings is 2.